The zero-order valence-electron chi connectivity index (χ0n) is 11.5. The second-order valence-electron chi connectivity index (χ2n) is 4.91. The molecule has 1 aliphatic rings. The molecule has 2 rings (SSSR count). The van der Waals surface area contributed by atoms with E-state index in [2.05, 4.69) is 0 Å². The zero-order valence-corrected chi connectivity index (χ0v) is 11.5. The Morgan fingerprint density at radius 2 is 1.76 bits per heavy atom. The Balaban J connectivity index is 2.15. The molecule has 1 aromatic carbocycles. The highest BCUT2D eigenvalue weighted by molar-refractivity contribution is 5.97. The number of likely N-dealkylation sites (N-methyl/N-ethyl adjacent to an activating group) is 1. The third-order valence-corrected chi connectivity index (χ3v) is 3.60. The Labute approximate surface area is 121 Å². The number of carbonyl (C=O) groups is 3. The van der Waals surface area contributed by atoms with Gasteiger partial charge in [-0.1, -0.05) is 0 Å². The second-order valence-corrected chi connectivity index (χ2v) is 4.91. The quantitative estimate of drug-likeness (QED) is 0.809. The van der Waals surface area contributed by atoms with Crippen LogP contribution in [0.2, 0.25) is 0 Å². The molecule has 1 aromatic rings. The van der Waals surface area contributed by atoms with Gasteiger partial charge in [-0.2, -0.15) is 0 Å². The van der Waals surface area contributed by atoms with Gasteiger partial charge < -0.3 is 20.5 Å². The number of aliphatic carboxylic acids is 1. The molecule has 0 spiro atoms. The van der Waals surface area contributed by atoms with Gasteiger partial charge in [-0.05, 0) is 24.3 Å². The van der Waals surface area contributed by atoms with Gasteiger partial charge >= 0.3 is 5.97 Å². The van der Waals surface area contributed by atoms with Crippen LogP contribution >= 0.6 is 0 Å². The van der Waals surface area contributed by atoms with Crippen molar-refractivity contribution in [1.82, 2.24) is 4.90 Å². The number of carboxylic acid groups (broad SMARTS) is 1. The Morgan fingerprint density at radius 1 is 1.19 bits per heavy atom. The first-order valence-electron chi connectivity index (χ1n) is 6.39. The van der Waals surface area contributed by atoms with Gasteiger partial charge in [-0.15, -0.1) is 0 Å². The van der Waals surface area contributed by atoms with Crippen molar-refractivity contribution in [2.45, 2.75) is 6.04 Å². The highest BCUT2D eigenvalue weighted by Gasteiger charge is 2.38. The van der Waals surface area contributed by atoms with Gasteiger partial charge in [0.05, 0.1) is 19.3 Å². The highest BCUT2D eigenvalue weighted by atomic mass is 16.5. The summed E-state index contributed by atoms with van der Waals surface area (Å²) in [6, 6.07) is 5.40. The molecule has 2 atom stereocenters. The maximum Gasteiger partial charge on any atom is 0.311 e. The number of hydrogen-bond donors (Lipinski definition) is 2. The average Bonchev–Trinajstić information content (AvgIpc) is 2.95. The first-order chi connectivity index (χ1) is 9.91. The van der Waals surface area contributed by atoms with Crippen LogP contribution in [0.5, 0.6) is 0 Å². The predicted molar refractivity (Wildman–Crippen MR) is 72.8 cm³/mol. The van der Waals surface area contributed by atoms with Crippen molar-refractivity contribution in [2.75, 3.05) is 20.3 Å². The van der Waals surface area contributed by atoms with E-state index in [1.807, 2.05) is 0 Å². The number of benzene rings is 1. The lowest BCUT2D eigenvalue weighted by atomic mass is 10.0. The Hall–Kier alpha value is -2.41. The number of amides is 2. The maximum atomic E-state index is 12.3. The summed E-state index contributed by atoms with van der Waals surface area (Å²) in [5.41, 5.74) is 5.80. The fourth-order valence-electron chi connectivity index (χ4n) is 2.29. The molecule has 112 valence electrons. The van der Waals surface area contributed by atoms with Gasteiger partial charge in [-0.3, -0.25) is 14.4 Å². The van der Waals surface area contributed by atoms with E-state index in [4.69, 9.17) is 15.6 Å². The van der Waals surface area contributed by atoms with E-state index in [1.165, 1.54) is 29.2 Å². The lowest BCUT2D eigenvalue weighted by Crippen LogP contribution is -2.44. The minimum Gasteiger partial charge on any atom is -0.481 e. The number of rotatable bonds is 4. The topological polar surface area (TPSA) is 110 Å². The SMILES string of the molecule is CN(C(=O)c1ccc(C(N)=O)cc1)C1COCC1C(=O)O. The maximum absolute atomic E-state index is 12.3. The predicted octanol–water partition coefficient (Wildman–Crippen LogP) is -0.0429. The first kappa shape index (κ1) is 15.0. The smallest absolute Gasteiger partial charge is 0.311 e. The highest BCUT2D eigenvalue weighted by Crippen LogP contribution is 2.20. The molecule has 0 bridgehead atoms. The molecule has 2 unspecified atom stereocenters. The average molecular weight is 292 g/mol. The van der Waals surface area contributed by atoms with Gasteiger partial charge in [0.15, 0.2) is 0 Å². The largest absolute Gasteiger partial charge is 0.481 e. The molecule has 1 heterocycles. The molecule has 0 aliphatic carbocycles. The summed E-state index contributed by atoms with van der Waals surface area (Å²) < 4.78 is 5.15. The molecule has 21 heavy (non-hydrogen) atoms. The van der Waals surface area contributed by atoms with E-state index < -0.39 is 23.8 Å². The monoisotopic (exact) mass is 292 g/mol. The van der Waals surface area contributed by atoms with Gasteiger partial charge in [0, 0.05) is 18.2 Å². The zero-order chi connectivity index (χ0) is 15.6. The molecule has 0 aromatic heterocycles. The third-order valence-electron chi connectivity index (χ3n) is 3.60. The van der Waals surface area contributed by atoms with Crippen molar-refractivity contribution >= 4 is 17.8 Å². The van der Waals surface area contributed by atoms with Crippen LogP contribution in [0.3, 0.4) is 0 Å². The molecule has 0 radical (unpaired) electrons. The van der Waals surface area contributed by atoms with E-state index in [9.17, 15) is 14.4 Å². The normalized spacial score (nSPS) is 21.0. The third kappa shape index (κ3) is 3.03. The number of carbonyl (C=O) groups excluding carboxylic acids is 2. The fraction of sp³-hybridized carbons (Fsp3) is 0.357. The molecular weight excluding hydrogens is 276 g/mol. The van der Waals surface area contributed by atoms with Crippen LogP contribution in [-0.2, 0) is 9.53 Å². The molecule has 3 N–H and O–H groups in total. The molecule has 7 nitrogen and oxygen atoms in total. The number of carboxylic acids is 1. The van der Waals surface area contributed by atoms with Gasteiger partial charge in [0.1, 0.15) is 5.92 Å². The van der Waals surface area contributed by atoms with Crippen LogP contribution in [0.15, 0.2) is 24.3 Å². The summed E-state index contributed by atoms with van der Waals surface area (Å²) in [4.78, 5) is 35.8. The first-order valence-corrected chi connectivity index (χ1v) is 6.39. The van der Waals surface area contributed by atoms with Crippen LogP contribution < -0.4 is 5.73 Å². The van der Waals surface area contributed by atoms with Crippen molar-refractivity contribution in [1.29, 1.82) is 0 Å². The van der Waals surface area contributed by atoms with Crippen molar-refractivity contribution in [3.63, 3.8) is 0 Å². The van der Waals surface area contributed by atoms with Gasteiger partial charge in [0.25, 0.3) is 5.91 Å². The number of hydrogen-bond acceptors (Lipinski definition) is 4. The van der Waals surface area contributed by atoms with Crippen LogP contribution in [-0.4, -0.2) is 54.1 Å². The van der Waals surface area contributed by atoms with Gasteiger partial charge in [0.2, 0.25) is 5.91 Å². The van der Waals surface area contributed by atoms with Crippen molar-refractivity contribution in [3.05, 3.63) is 35.4 Å². The Bertz CT molecular complexity index is 569. The lowest BCUT2D eigenvalue weighted by Gasteiger charge is -2.26. The number of primary amides is 1. The molecule has 1 saturated heterocycles. The number of nitrogens with zero attached hydrogens (tertiary/aromatic N) is 1. The number of ether oxygens (including phenoxy) is 1. The fourth-order valence-corrected chi connectivity index (χ4v) is 2.29. The Morgan fingerprint density at radius 3 is 2.29 bits per heavy atom. The molecule has 1 fully saturated rings. The van der Waals surface area contributed by atoms with E-state index in [-0.39, 0.29) is 19.1 Å². The lowest BCUT2D eigenvalue weighted by molar-refractivity contribution is -0.142. The summed E-state index contributed by atoms with van der Waals surface area (Å²) >= 11 is 0. The van der Waals surface area contributed by atoms with Gasteiger partial charge in [-0.25, -0.2) is 0 Å². The van der Waals surface area contributed by atoms with Crippen LogP contribution in [0, 0.1) is 5.92 Å². The van der Waals surface area contributed by atoms with E-state index in [0.717, 1.165) is 0 Å². The molecular formula is C14H16N2O5. The van der Waals surface area contributed by atoms with Crippen LogP contribution in [0.25, 0.3) is 0 Å². The van der Waals surface area contributed by atoms with Crippen molar-refractivity contribution in [2.24, 2.45) is 11.7 Å². The molecule has 1 aliphatic heterocycles. The summed E-state index contributed by atoms with van der Waals surface area (Å²) in [5.74, 6) is -2.62. The van der Waals surface area contributed by atoms with Crippen LogP contribution in [0.1, 0.15) is 20.7 Å². The minimum absolute atomic E-state index is 0.0955. The number of nitrogens with two attached hydrogens (primary N) is 1. The molecule has 7 heteroatoms. The molecule has 2 amide bonds. The van der Waals surface area contributed by atoms with E-state index >= 15 is 0 Å². The van der Waals surface area contributed by atoms with Crippen molar-refractivity contribution in [3.8, 4) is 0 Å². The Kier molecular flexibility index (Phi) is 4.23. The molecule has 0 saturated carbocycles. The summed E-state index contributed by atoms with van der Waals surface area (Å²) in [7, 11) is 1.54. The standard InChI is InChI=1S/C14H16N2O5/c1-16(11-7-21-6-10(11)14(19)20)13(18)9-4-2-8(3-5-9)12(15)17/h2-5,10-11H,6-7H2,1H3,(H2,15,17)(H,19,20). The second kappa shape index (κ2) is 5.92. The van der Waals surface area contributed by atoms with Crippen LogP contribution in [0.4, 0.5) is 0 Å². The summed E-state index contributed by atoms with van der Waals surface area (Å²) in [6.45, 7) is 0.289. The van der Waals surface area contributed by atoms with E-state index in [0.29, 0.717) is 11.1 Å². The summed E-state index contributed by atoms with van der Waals surface area (Å²) in [6.07, 6.45) is 0. The minimum atomic E-state index is -0.985. The van der Waals surface area contributed by atoms with E-state index in [1.54, 1.807) is 7.05 Å². The summed E-state index contributed by atoms with van der Waals surface area (Å²) in [5, 5.41) is 9.11. The van der Waals surface area contributed by atoms with Crippen molar-refractivity contribution < 1.29 is 24.2 Å².